The van der Waals surface area contributed by atoms with E-state index in [2.05, 4.69) is 36.2 Å². The summed E-state index contributed by atoms with van der Waals surface area (Å²) in [6, 6.07) is 9.34. The zero-order chi connectivity index (χ0) is 17.5. The molecule has 0 aromatic heterocycles. The fourth-order valence-electron chi connectivity index (χ4n) is 4.58. The lowest BCUT2D eigenvalue weighted by Crippen LogP contribution is -2.26. The summed E-state index contributed by atoms with van der Waals surface area (Å²) in [6.45, 7) is 2.08. The monoisotopic (exact) mass is 345 g/mol. The third kappa shape index (κ3) is 5.46. The molecule has 1 saturated carbocycles. The van der Waals surface area contributed by atoms with Gasteiger partial charge in [-0.05, 0) is 76.1 Å². The van der Waals surface area contributed by atoms with Gasteiger partial charge >= 0.3 is 0 Å². The Bertz CT molecular complexity index is 519. The van der Waals surface area contributed by atoms with E-state index in [0.29, 0.717) is 12.1 Å². The summed E-state index contributed by atoms with van der Waals surface area (Å²) >= 11 is 0. The Hall–Kier alpha value is -1.06. The number of hydrogen-bond acceptors (Lipinski definition) is 3. The van der Waals surface area contributed by atoms with Gasteiger partial charge in [0.25, 0.3) is 0 Å². The Labute approximate surface area is 153 Å². The number of ether oxygens (including phenoxy) is 2. The summed E-state index contributed by atoms with van der Waals surface area (Å²) in [5.41, 5.74) is 1.38. The first-order valence-corrected chi connectivity index (χ1v) is 10.2. The summed E-state index contributed by atoms with van der Waals surface area (Å²) in [5, 5.41) is 0. The van der Waals surface area contributed by atoms with Crippen molar-refractivity contribution < 1.29 is 9.47 Å². The van der Waals surface area contributed by atoms with Crippen molar-refractivity contribution in [3.63, 3.8) is 0 Å². The Morgan fingerprint density at radius 1 is 1.08 bits per heavy atom. The number of rotatable bonds is 8. The van der Waals surface area contributed by atoms with Crippen molar-refractivity contribution in [2.45, 2.75) is 69.9 Å². The van der Waals surface area contributed by atoms with Gasteiger partial charge in [-0.3, -0.25) is 0 Å². The van der Waals surface area contributed by atoms with Gasteiger partial charge in [0.2, 0.25) is 0 Å². The number of likely N-dealkylation sites (tertiary alicyclic amines) is 1. The lowest BCUT2D eigenvalue weighted by Gasteiger charge is -2.28. The molecule has 3 nitrogen and oxygen atoms in total. The molecule has 2 aliphatic rings. The topological polar surface area (TPSA) is 21.7 Å². The van der Waals surface area contributed by atoms with Gasteiger partial charge in [0.05, 0.1) is 12.7 Å². The summed E-state index contributed by atoms with van der Waals surface area (Å²) in [5.74, 6) is 1.90. The van der Waals surface area contributed by atoms with E-state index in [9.17, 15) is 0 Å². The summed E-state index contributed by atoms with van der Waals surface area (Å²) in [6.07, 6.45) is 11.8. The van der Waals surface area contributed by atoms with Crippen LogP contribution in [0.2, 0.25) is 0 Å². The highest BCUT2D eigenvalue weighted by Gasteiger charge is 2.22. The van der Waals surface area contributed by atoms with Crippen LogP contribution in [0.25, 0.3) is 0 Å². The normalized spacial score (nSPS) is 27.5. The van der Waals surface area contributed by atoms with E-state index in [1.807, 2.05) is 7.11 Å². The Balaban J connectivity index is 1.47. The van der Waals surface area contributed by atoms with E-state index in [4.69, 9.17) is 9.47 Å². The predicted octanol–water partition coefficient (Wildman–Crippen LogP) is 4.69. The molecule has 3 heteroatoms. The molecule has 1 aliphatic carbocycles. The van der Waals surface area contributed by atoms with E-state index in [-0.39, 0.29) is 0 Å². The van der Waals surface area contributed by atoms with Crippen LogP contribution in [0, 0.1) is 5.92 Å². The van der Waals surface area contributed by atoms with Crippen LogP contribution in [0.1, 0.15) is 56.9 Å². The first kappa shape index (κ1) is 18.7. The highest BCUT2D eigenvalue weighted by Crippen LogP contribution is 2.31. The van der Waals surface area contributed by atoms with Crippen LogP contribution < -0.4 is 4.74 Å². The highest BCUT2D eigenvalue weighted by molar-refractivity contribution is 5.33. The fourth-order valence-corrected chi connectivity index (χ4v) is 4.58. The first-order valence-electron chi connectivity index (χ1n) is 10.2. The molecule has 3 rings (SSSR count). The molecular formula is C22H35NO2. The largest absolute Gasteiger partial charge is 0.493 e. The average molecular weight is 346 g/mol. The van der Waals surface area contributed by atoms with Crippen LogP contribution in [0.4, 0.5) is 0 Å². The quantitative estimate of drug-likeness (QED) is 0.682. The van der Waals surface area contributed by atoms with E-state index in [1.165, 1.54) is 57.1 Å². The second-order valence-corrected chi connectivity index (χ2v) is 7.95. The van der Waals surface area contributed by atoms with Crippen molar-refractivity contribution in [2.75, 3.05) is 27.3 Å². The van der Waals surface area contributed by atoms with Crippen molar-refractivity contribution in [1.29, 1.82) is 0 Å². The molecule has 1 aliphatic heterocycles. The van der Waals surface area contributed by atoms with E-state index in [1.54, 1.807) is 0 Å². The molecule has 0 spiro atoms. The zero-order valence-corrected chi connectivity index (χ0v) is 16.1. The first-order chi connectivity index (χ1) is 12.3. The van der Waals surface area contributed by atoms with Crippen LogP contribution in [-0.2, 0) is 11.2 Å². The highest BCUT2D eigenvalue weighted by atomic mass is 16.5. The second-order valence-electron chi connectivity index (χ2n) is 7.95. The zero-order valence-electron chi connectivity index (χ0n) is 16.1. The molecule has 0 N–H and O–H groups in total. The van der Waals surface area contributed by atoms with Crippen LogP contribution in [0.5, 0.6) is 5.75 Å². The maximum atomic E-state index is 6.18. The number of nitrogens with zero attached hydrogens (tertiary/aromatic N) is 1. The Morgan fingerprint density at radius 2 is 1.96 bits per heavy atom. The van der Waals surface area contributed by atoms with Crippen molar-refractivity contribution in [1.82, 2.24) is 4.90 Å². The number of hydrogen-bond donors (Lipinski definition) is 0. The van der Waals surface area contributed by atoms with E-state index < -0.39 is 0 Å². The Kier molecular flexibility index (Phi) is 7.18. The Morgan fingerprint density at radius 3 is 2.76 bits per heavy atom. The molecule has 1 unspecified atom stereocenters. The minimum atomic E-state index is 0.480. The van der Waals surface area contributed by atoms with Crippen molar-refractivity contribution in [2.24, 2.45) is 5.92 Å². The van der Waals surface area contributed by atoms with Crippen molar-refractivity contribution in [3.05, 3.63) is 29.8 Å². The van der Waals surface area contributed by atoms with Gasteiger partial charge in [-0.2, -0.15) is 0 Å². The molecular weight excluding hydrogens is 310 g/mol. The van der Waals surface area contributed by atoms with Gasteiger partial charge in [0, 0.05) is 13.2 Å². The lowest BCUT2D eigenvalue weighted by atomic mass is 9.83. The summed E-state index contributed by atoms with van der Waals surface area (Å²) in [7, 11) is 4.10. The maximum Gasteiger partial charge on any atom is 0.122 e. The summed E-state index contributed by atoms with van der Waals surface area (Å²) in [4.78, 5) is 2.48. The van der Waals surface area contributed by atoms with Gasteiger partial charge < -0.3 is 14.4 Å². The van der Waals surface area contributed by atoms with Gasteiger partial charge in [-0.15, -0.1) is 0 Å². The number of benzene rings is 1. The van der Waals surface area contributed by atoms with Gasteiger partial charge in [-0.25, -0.2) is 0 Å². The summed E-state index contributed by atoms with van der Waals surface area (Å²) < 4.78 is 11.8. The molecule has 1 saturated heterocycles. The van der Waals surface area contributed by atoms with Crippen molar-refractivity contribution >= 4 is 0 Å². The number of methoxy groups -OCH3 is 1. The van der Waals surface area contributed by atoms with E-state index in [0.717, 1.165) is 31.1 Å². The number of para-hydroxylation sites is 1. The minimum absolute atomic E-state index is 0.480. The van der Waals surface area contributed by atoms with E-state index >= 15 is 0 Å². The fraction of sp³-hybridized carbons (Fsp3) is 0.727. The second kappa shape index (κ2) is 9.59. The van der Waals surface area contributed by atoms with Crippen LogP contribution >= 0.6 is 0 Å². The number of aryl methyl sites for hydroxylation is 1. The van der Waals surface area contributed by atoms with Gasteiger partial charge in [-0.1, -0.05) is 31.0 Å². The van der Waals surface area contributed by atoms with Crippen LogP contribution in [-0.4, -0.2) is 44.4 Å². The molecule has 3 atom stereocenters. The SMILES string of the molecule is CO[C@@H]1CCC[C@H](CCc2ccccc2OCCC2CCCN2C)C1. The average Bonchev–Trinajstić information content (AvgIpc) is 3.06. The molecule has 0 radical (unpaired) electrons. The maximum absolute atomic E-state index is 6.18. The molecule has 1 heterocycles. The van der Waals surface area contributed by atoms with Gasteiger partial charge in [0.1, 0.15) is 5.75 Å². The lowest BCUT2D eigenvalue weighted by molar-refractivity contribution is 0.0491. The smallest absolute Gasteiger partial charge is 0.122 e. The molecule has 140 valence electrons. The van der Waals surface area contributed by atoms with Crippen LogP contribution in [0.3, 0.4) is 0 Å². The third-order valence-corrected chi connectivity index (χ3v) is 6.24. The molecule has 0 bridgehead atoms. The molecule has 0 amide bonds. The molecule has 1 aromatic rings. The third-order valence-electron chi connectivity index (χ3n) is 6.24. The predicted molar refractivity (Wildman–Crippen MR) is 103 cm³/mol. The van der Waals surface area contributed by atoms with Gasteiger partial charge in [0.15, 0.2) is 0 Å². The molecule has 2 fully saturated rings. The standard InChI is InChI=1S/C22H35NO2/c1-23-15-6-9-20(23)14-16-25-22-11-4-3-8-19(22)13-12-18-7-5-10-21(17-18)24-2/h3-4,8,11,18,20-21H,5-7,9-10,12-17H2,1-2H3/t18-,20?,21-/m1/s1. The molecule has 1 aromatic carbocycles. The van der Waals surface area contributed by atoms with Crippen molar-refractivity contribution in [3.8, 4) is 5.75 Å². The minimum Gasteiger partial charge on any atom is -0.493 e. The molecule has 25 heavy (non-hydrogen) atoms. The van der Waals surface area contributed by atoms with Crippen LogP contribution in [0.15, 0.2) is 24.3 Å².